The number of rotatable bonds is 11. The molecule has 0 fully saturated rings. The van der Waals surface area contributed by atoms with Gasteiger partial charge in [0.25, 0.3) is 0 Å². The zero-order valence-electron chi connectivity index (χ0n) is 20.3. The van der Waals surface area contributed by atoms with Crippen molar-refractivity contribution in [2.45, 2.75) is 83.7 Å². The van der Waals surface area contributed by atoms with Crippen molar-refractivity contribution in [3.8, 4) is 0 Å². The van der Waals surface area contributed by atoms with Gasteiger partial charge in [-0.05, 0) is 56.9 Å². The predicted molar refractivity (Wildman–Crippen MR) is 118 cm³/mol. The van der Waals surface area contributed by atoms with Gasteiger partial charge in [-0.15, -0.1) is 6.58 Å². The molecule has 0 saturated carbocycles. The van der Waals surface area contributed by atoms with E-state index in [0.29, 0.717) is 25.7 Å². The Morgan fingerprint density at radius 1 is 1.33 bits per heavy atom. The van der Waals surface area contributed by atoms with Gasteiger partial charge in [0.1, 0.15) is 6.10 Å². The van der Waals surface area contributed by atoms with Crippen molar-refractivity contribution in [2.24, 2.45) is 23.2 Å². The van der Waals surface area contributed by atoms with Gasteiger partial charge in [-0.3, -0.25) is 4.79 Å². The Hall–Kier alpha value is -0.960. The van der Waals surface area contributed by atoms with Crippen LogP contribution >= 0.6 is 0 Å². The quantitative estimate of drug-likeness (QED) is 0.193. The molecular weight excluding hydrogens is 435 g/mol. The summed E-state index contributed by atoms with van der Waals surface area (Å²) < 4.78 is 5.95. The van der Waals surface area contributed by atoms with E-state index in [1.165, 1.54) is 0 Å². The van der Waals surface area contributed by atoms with Crippen molar-refractivity contribution in [1.82, 2.24) is 0 Å². The molecule has 0 aromatic heterocycles. The molecule has 33 heavy (non-hydrogen) atoms. The number of esters is 1. The summed E-state index contributed by atoms with van der Waals surface area (Å²) in [4.78, 5) is 23.5. The van der Waals surface area contributed by atoms with Crippen LogP contribution in [0.5, 0.6) is 0 Å². The van der Waals surface area contributed by atoms with E-state index in [1.54, 1.807) is 12.2 Å². The standard InChI is InChI=1S/C25H38O7.Na/c1-5-10-25(3,4)24(31)32-21-13-18(27)11-16-7-6-15(2)20(23(16)21)9-8-17(26)12-19(28)14-22(29)30;/h5-7,11,15,17-21,23,26-28H,1,8-10,12-14H2,2-4H3,(H,29,30);/q;+1/p-1/t15-,17+,18+,19+,20-,21-,23-;/m0./s1. The Morgan fingerprint density at radius 2 is 2.00 bits per heavy atom. The molecule has 0 radical (unpaired) electrons. The first-order valence-electron chi connectivity index (χ1n) is 11.4. The number of carboxylic acids is 1. The van der Waals surface area contributed by atoms with E-state index in [1.807, 2.05) is 19.9 Å². The number of fused-ring (bicyclic) bond motifs is 1. The van der Waals surface area contributed by atoms with E-state index >= 15 is 0 Å². The van der Waals surface area contributed by atoms with Crippen LogP contribution in [0.4, 0.5) is 0 Å². The molecule has 0 saturated heterocycles. The minimum absolute atomic E-state index is 0. The van der Waals surface area contributed by atoms with Crippen LogP contribution in [0.3, 0.4) is 0 Å². The molecule has 2 aliphatic carbocycles. The maximum atomic E-state index is 12.9. The molecule has 2 aliphatic rings. The molecule has 8 heteroatoms. The van der Waals surface area contributed by atoms with E-state index in [-0.39, 0.29) is 59.7 Å². The molecular formula is C25H37NaO7. The number of hydrogen-bond donors (Lipinski definition) is 3. The predicted octanol–water partition coefficient (Wildman–Crippen LogP) is -1.33. The van der Waals surface area contributed by atoms with Gasteiger partial charge in [0.2, 0.25) is 0 Å². The van der Waals surface area contributed by atoms with Crippen LogP contribution < -0.4 is 34.7 Å². The molecule has 0 unspecified atom stereocenters. The monoisotopic (exact) mass is 472 g/mol. The molecule has 0 bridgehead atoms. The van der Waals surface area contributed by atoms with E-state index in [9.17, 15) is 30.0 Å². The van der Waals surface area contributed by atoms with Crippen molar-refractivity contribution in [3.63, 3.8) is 0 Å². The Kier molecular flexibility index (Phi) is 12.0. The second-order valence-electron chi connectivity index (χ2n) is 9.89. The fourth-order valence-electron chi connectivity index (χ4n) is 4.82. The van der Waals surface area contributed by atoms with Gasteiger partial charge in [-0.25, -0.2) is 0 Å². The summed E-state index contributed by atoms with van der Waals surface area (Å²) in [6.45, 7) is 9.39. The van der Waals surface area contributed by atoms with E-state index in [0.717, 1.165) is 5.57 Å². The third kappa shape index (κ3) is 8.64. The normalized spacial score (nSPS) is 28.5. The van der Waals surface area contributed by atoms with E-state index in [4.69, 9.17) is 4.74 Å². The van der Waals surface area contributed by atoms with Crippen molar-refractivity contribution in [1.29, 1.82) is 0 Å². The first kappa shape index (κ1) is 30.1. The molecule has 0 heterocycles. The van der Waals surface area contributed by atoms with Crippen molar-refractivity contribution in [3.05, 3.63) is 36.5 Å². The maximum absolute atomic E-state index is 12.9. The first-order valence-corrected chi connectivity index (χ1v) is 11.4. The number of aliphatic hydroxyl groups excluding tert-OH is 3. The van der Waals surface area contributed by atoms with Gasteiger partial charge >= 0.3 is 35.5 Å². The number of aliphatic carboxylic acids is 1. The van der Waals surface area contributed by atoms with E-state index in [2.05, 4.69) is 19.6 Å². The number of carbonyl (C=O) groups is 2. The summed E-state index contributed by atoms with van der Waals surface area (Å²) in [6, 6.07) is 0. The minimum atomic E-state index is -1.35. The summed E-state index contributed by atoms with van der Waals surface area (Å²) in [6.07, 6.45) is 5.56. The zero-order chi connectivity index (χ0) is 24.1. The van der Waals surface area contributed by atoms with Crippen LogP contribution in [0.25, 0.3) is 0 Å². The number of carbonyl (C=O) groups excluding carboxylic acids is 2. The number of ether oxygens (including phenoxy) is 1. The number of carboxylic acid groups (broad SMARTS) is 1. The third-order valence-corrected chi connectivity index (χ3v) is 6.62. The van der Waals surface area contributed by atoms with Crippen LogP contribution in [0.15, 0.2) is 36.5 Å². The topological polar surface area (TPSA) is 127 Å². The first-order chi connectivity index (χ1) is 14.9. The number of allylic oxidation sites excluding steroid dienone is 3. The van der Waals surface area contributed by atoms with Crippen LogP contribution in [0.2, 0.25) is 0 Å². The smallest absolute Gasteiger partial charge is 0.550 e. The van der Waals surface area contributed by atoms with Gasteiger partial charge in [0.05, 0.1) is 23.7 Å². The largest absolute Gasteiger partial charge is 1.00 e. The van der Waals surface area contributed by atoms with Crippen LogP contribution in [0, 0.1) is 23.2 Å². The van der Waals surface area contributed by atoms with Crippen LogP contribution in [-0.4, -0.2) is 51.7 Å². The molecule has 0 spiro atoms. The Balaban J connectivity index is 0.00000544. The molecule has 0 aromatic carbocycles. The minimum Gasteiger partial charge on any atom is -0.550 e. The molecule has 0 aromatic rings. The summed E-state index contributed by atoms with van der Waals surface area (Å²) in [5.41, 5.74) is 0.211. The molecule has 0 amide bonds. The van der Waals surface area contributed by atoms with Gasteiger partial charge in [-0.2, -0.15) is 0 Å². The summed E-state index contributed by atoms with van der Waals surface area (Å²) in [5, 5.41) is 41.1. The number of aliphatic hydroxyl groups is 3. The average Bonchev–Trinajstić information content (AvgIpc) is 2.66. The van der Waals surface area contributed by atoms with Crippen molar-refractivity contribution >= 4 is 11.9 Å². The van der Waals surface area contributed by atoms with E-state index < -0.39 is 42.2 Å². The van der Waals surface area contributed by atoms with Crippen LogP contribution in [-0.2, 0) is 14.3 Å². The zero-order valence-corrected chi connectivity index (χ0v) is 22.3. The second kappa shape index (κ2) is 13.2. The Bertz CT molecular complexity index is 745. The molecule has 180 valence electrons. The Morgan fingerprint density at radius 3 is 2.61 bits per heavy atom. The van der Waals surface area contributed by atoms with Crippen molar-refractivity contribution < 1.29 is 64.3 Å². The molecule has 2 rings (SSSR count). The van der Waals surface area contributed by atoms with Crippen molar-refractivity contribution in [2.75, 3.05) is 0 Å². The van der Waals surface area contributed by atoms with Crippen LogP contribution in [0.1, 0.15) is 59.3 Å². The number of hydrogen-bond acceptors (Lipinski definition) is 7. The fourth-order valence-corrected chi connectivity index (χ4v) is 4.82. The summed E-state index contributed by atoms with van der Waals surface area (Å²) in [5.74, 6) is -1.57. The fraction of sp³-hybridized carbons (Fsp3) is 0.680. The Labute approximate surface area is 218 Å². The molecule has 7 atom stereocenters. The van der Waals surface area contributed by atoms with Gasteiger partial charge < -0.3 is 30.0 Å². The SMILES string of the molecule is C=CCC(C)(C)C(=O)O[C@H]1C[C@H](O)C=C2C=C[C@H](C)[C@H](CC[C@@H](O)C[C@@H](O)CC(=O)[O-])[C@H]21.[Na+]. The third-order valence-electron chi connectivity index (χ3n) is 6.62. The molecule has 3 N–H and O–H groups in total. The summed E-state index contributed by atoms with van der Waals surface area (Å²) in [7, 11) is 0. The second-order valence-corrected chi connectivity index (χ2v) is 9.89. The maximum Gasteiger partial charge on any atom is 1.00 e. The van der Waals surface area contributed by atoms with Gasteiger partial charge in [-0.1, -0.05) is 31.2 Å². The van der Waals surface area contributed by atoms with Gasteiger partial charge in [0.15, 0.2) is 0 Å². The van der Waals surface area contributed by atoms with Gasteiger partial charge in [0, 0.05) is 24.7 Å². The molecule has 7 nitrogen and oxygen atoms in total. The average molecular weight is 473 g/mol. The summed E-state index contributed by atoms with van der Waals surface area (Å²) >= 11 is 0. The molecule has 0 aliphatic heterocycles.